The molecule has 10 heteroatoms. The summed E-state index contributed by atoms with van der Waals surface area (Å²) in [6, 6.07) is 0. The number of aromatic carboxylic acids is 1. The van der Waals surface area contributed by atoms with Crippen molar-refractivity contribution < 1.29 is 14.6 Å². The Kier molecular flexibility index (Phi) is 3.28. The maximum atomic E-state index is 10.9. The fourth-order valence-electron chi connectivity index (χ4n) is 1.43. The molecular weight excluding hydrogens is 242 g/mol. The average Bonchev–Trinajstić information content (AvgIpc) is 2.88. The van der Waals surface area contributed by atoms with Gasteiger partial charge in [0.2, 0.25) is 0 Å². The molecule has 0 radical (unpaired) electrons. The van der Waals surface area contributed by atoms with E-state index in [-0.39, 0.29) is 18.8 Å². The van der Waals surface area contributed by atoms with Crippen LogP contribution in [0.2, 0.25) is 0 Å². The molecule has 0 spiro atoms. The molecule has 0 saturated carbocycles. The van der Waals surface area contributed by atoms with E-state index in [1.807, 2.05) is 0 Å². The average molecular weight is 253 g/mol. The first-order valence-corrected chi connectivity index (χ1v) is 4.99. The van der Waals surface area contributed by atoms with E-state index < -0.39 is 5.97 Å². The largest absolute Gasteiger partial charge is 0.476 e. The van der Waals surface area contributed by atoms with Gasteiger partial charge < -0.3 is 9.84 Å². The standard InChI is InChI=1S/C8H11N7O3/c1-14-11-6(9-12-14)3-15-5(4-18-2)7(8(16)17)10-13-15/h3-4H2,1-2H3,(H,16,17). The van der Waals surface area contributed by atoms with Gasteiger partial charge >= 0.3 is 5.97 Å². The molecule has 0 aliphatic heterocycles. The van der Waals surface area contributed by atoms with E-state index in [4.69, 9.17) is 9.84 Å². The molecule has 0 aliphatic rings. The van der Waals surface area contributed by atoms with Crippen molar-refractivity contribution in [3.63, 3.8) is 0 Å². The summed E-state index contributed by atoms with van der Waals surface area (Å²) in [6.07, 6.45) is 0. The summed E-state index contributed by atoms with van der Waals surface area (Å²) in [7, 11) is 3.10. The number of carboxylic acids is 1. The van der Waals surface area contributed by atoms with Crippen LogP contribution in [-0.4, -0.2) is 53.4 Å². The lowest BCUT2D eigenvalue weighted by molar-refractivity contribution is 0.0684. The van der Waals surface area contributed by atoms with Crippen molar-refractivity contribution in [2.24, 2.45) is 7.05 Å². The van der Waals surface area contributed by atoms with Gasteiger partial charge in [-0.3, -0.25) is 0 Å². The topological polar surface area (TPSA) is 121 Å². The molecule has 2 aromatic heterocycles. The van der Waals surface area contributed by atoms with Crippen LogP contribution in [0.1, 0.15) is 22.0 Å². The summed E-state index contributed by atoms with van der Waals surface area (Å²) in [4.78, 5) is 12.3. The molecule has 0 fully saturated rings. The second-order valence-corrected chi connectivity index (χ2v) is 3.48. The van der Waals surface area contributed by atoms with Crippen LogP contribution in [0.15, 0.2) is 0 Å². The first-order valence-electron chi connectivity index (χ1n) is 4.99. The van der Waals surface area contributed by atoms with Crippen LogP contribution >= 0.6 is 0 Å². The number of ether oxygens (including phenoxy) is 1. The number of methoxy groups -OCH3 is 1. The normalized spacial score (nSPS) is 10.8. The summed E-state index contributed by atoms with van der Waals surface area (Å²) in [5, 5.41) is 27.7. The van der Waals surface area contributed by atoms with Gasteiger partial charge in [-0.15, -0.1) is 15.3 Å². The van der Waals surface area contributed by atoms with Crippen LogP contribution in [0.25, 0.3) is 0 Å². The van der Waals surface area contributed by atoms with Gasteiger partial charge in [0.05, 0.1) is 19.3 Å². The number of nitrogens with zero attached hydrogens (tertiary/aromatic N) is 7. The highest BCUT2D eigenvalue weighted by Crippen LogP contribution is 2.08. The van der Waals surface area contributed by atoms with E-state index in [0.29, 0.717) is 11.5 Å². The van der Waals surface area contributed by atoms with E-state index in [2.05, 4.69) is 25.7 Å². The Balaban J connectivity index is 2.29. The molecule has 0 unspecified atom stereocenters. The Bertz CT molecular complexity index is 561. The van der Waals surface area contributed by atoms with Gasteiger partial charge in [-0.25, -0.2) is 9.48 Å². The minimum absolute atomic E-state index is 0.0922. The van der Waals surface area contributed by atoms with E-state index in [9.17, 15) is 4.79 Å². The Morgan fingerprint density at radius 2 is 2.17 bits per heavy atom. The first kappa shape index (κ1) is 12.1. The molecule has 2 heterocycles. The molecule has 0 amide bonds. The molecule has 2 aromatic rings. The molecule has 18 heavy (non-hydrogen) atoms. The van der Waals surface area contributed by atoms with Gasteiger partial charge in [-0.2, -0.15) is 4.80 Å². The third kappa shape index (κ3) is 2.32. The number of hydrogen-bond donors (Lipinski definition) is 1. The third-order valence-corrected chi connectivity index (χ3v) is 2.16. The Hall–Kier alpha value is -2.36. The summed E-state index contributed by atoms with van der Waals surface area (Å²) in [5.74, 6) is -0.739. The first-order chi connectivity index (χ1) is 8.61. The number of hydrogen-bond acceptors (Lipinski definition) is 7. The molecule has 1 N–H and O–H groups in total. The van der Waals surface area contributed by atoms with Gasteiger partial charge in [0.25, 0.3) is 0 Å². The van der Waals surface area contributed by atoms with Crippen LogP contribution in [0.3, 0.4) is 0 Å². The lowest BCUT2D eigenvalue weighted by atomic mass is 10.3. The molecular formula is C8H11N7O3. The summed E-state index contributed by atoms with van der Waals surface area (Å²) >= 11 is 0. The van der Waals surface area contributed by atoms with Crippen molar-refractivity contribution in [3.8, 4) is 0 Å². The van der Waals surface area contributed by atoms with Gasteiger partial charge in [0.15, 0.2) is 11.5 Å². The molecule has 10 nitrogen and oxygen atoms in total. The van der Waals surface area contributed by atoms with E-state index in [1.54, 1.807) is 7.05 Å². The fraction of sp³-hybridized carbons (Fsp3) is 0.500. The van der Waals surface area contributed by atoms with Crippen LogP contribution in [-0.2, 0) is 24.9 Å². The molecule has 0 saturated heterocycles. The van der Waals surface area contributed by atoms with Gasteiger partial charge in [-0.05, 0) is 5.21 Å². The minimum atomic E-state index is -1.15. The highest BCUT2D eigenvalue weighted by atomic mass is 16.5. The molecule has 2 rings (SSSR count). The number of carbonyl (C=O) groups is 1. The maximum absolute atomic E-state index is 10.9. The lowest BCUT2D eigenvalue weighted by Crippen LogP contribution is -2.11. The zero-order valence-corrected chi connectivity index (χ0v) is 9.81. The number of aryl methyl sites for hydroxylation is 1. The third-order valence-electron chi connectivity index (χ3n) is 2.16. The highest BCUT2D eigenvalue weighted by molar-refractivity contribution is 5.86. The quantitative estimate of drug-likeness (QED) is 0.697. The smallest absolute Gasteiger partial charge is 0.358 e. The van der Waals surface area contributed by atoms with Crippen LogP contribution in [0.5, 0.6) is 0 Å². The summed E-state index contributed by atoms with van der Waals surface area (Å²) in [5.41, 5.74) is 0.221. The molecule has 0 aromatic carbocycles. The molecule has 0 bridgehead atoms. The number of carboxylic acid groups (broad SMARTS) is 1. The monoisotopic (exact) mass is 253 g/mol. The van der Waals surface area contributed by atoms with Crippen molar-refractivity contribution in [3.05, 3.63) is 17.2 Å². The van der Waals surface area contributed by atoms with Crippen molar-refractivity contribution in [1.29, 1.82) is 0 Å². The van der Waals surface area contributed by atoms with Crippen molar-refractivity contribution in [1.82, 2.24) is 35.2 Å². The Morgan fingerprint density at radius 3 is 2.72 bits per heavy atom. The fourth-order valence-corrected chi connectivity index (χ4v) is 1.43. The van der Waals surface area contributed by atoms with Crippen LogP contribution in [0.4, 0.5) is 0 Å². The van der Waals surface area contributed by atoms with Crippen molar-refractivity contribution >= 4 is 5.97 Å². The van der Waals surface area contributed by atoms with Crippen molar-refractivity contribution in [2.45, 2.75) is 13.2 Å². The number of rotatable bonds is 5. The predicted molar refractivity (Wildman–Crippen MR) is 55.6 cm³/mol. The maximum Gasteiger partial charge on any atom is 0.358 e. The number of tetrazole rings is 1. The Morgan fingerprint density at radius 1 is 1.39 bits per heavy atom. The minimum Gasteiger partial charge on any atom is -0.476 e. The second kappa shape index (κ2) is 4.87. The van der Waals surface area contributed by atoms with E-state index in [0.717, 1.165) is 0 Å². The molecule has 96 valence electrons. The molecule has 0 atom stereocenters. The summed E-state index contributed by atoms with van der Waals surface area (Å²) in [6.45, 7) is 0.279. The number of aromatic nitrogens is 7. The van der Waals surface area contributed by atoms with Gasteiger partial charge in [0.1, 0.15) is 6.54 Å². The van der Waals surface area contributed by atoms with Crippen LogP contribution in [0, 0.1) is 0 Å². The predicted octanol–water partition coefficient (Wildman–Crippen LogP) is -1.31. The highest BCUT2D eigenvalue weighted by Gasteiger charge is 2.19. The van der Waals surface area contributed by atoms with Crippen LogP contribution < -0.4 is 0 Å². The van der Waals surface area contributed by atoms with Gasteiger partial charge in [-0.1, -0.05) is 5.21 Å². The molecule has 0 aliphatic carbocycles. The van der Waals surface area contributed by atoms with Gasteiger partial charge in [0, 0.05) is 7.11 Å². The van der Waals surface area contributed by atoms with E-state index >= 15 is 0 Å². The summed E-state index contributed by atoms with van der Waals surface area (Å²) < 4.78 is 6.31. The Labute approximate surface area is 101 Å². The SMILES string of the molecule is COCc1c(C(=O)O)nnn1Cc1nnn(C)n1. The zero-order valence-electron chi connectivity index (χ0n) is 9.81. The van der Waals surface area contributed by atoms with E-state index in [1.165, 1.54) is 16.6 Å². The van der Waals surface area contributed by atoms with Crippen molar-refractivity contribution in [2.75, 3.05) is 7.11 Å². The second-order valence-electron chi connectivity index (χ2n) is 3.48. The lowest BCUT2D eigenvalue weighted by Gasteiger charge is -2.03. The zero-order chi connectivity index (χ0) is 13.1.